The Morgan fingerprint density at radius 3 is 2.55 bits per heavy atom. The van der Waals surface area contributed by atoms with E-state index >= 15 is 0 Å². The van der Waals surface area contributed by atoms with E-state index in [-0.39, 0.29) is 22.4 Å². The standard InChI is InChI=1S/C15H21N3O3S/c1-10(14(19)17-15(2,9-16)11-3-4-11)22-13-7-5-12(6-8-13)18(20)21/h5-8,10-11H,3-4,9,16H2,1-2H3,(H,17,19). The number of rotatable bonds is 7. The van der Waals surface area contributed by atoms with Crippen LogP contribution >= 0.6 is 11.8 Å². The minimum Gasteiger partial charge on any atom is -0.348 e. The summed E-state index contributed by atoms with van der Waals surface area (Å²) < 4.78 is 0. The Hall–Kier alpha value is -1.60. The van der Waals surface area contributed by atoms with Crippen LogP contribution < -0.4 is 11.1 Å². The molecule has 1 aromatic carbocycles. The molecule has 7 heteroatoms. The fourth-order valence-electron chi connectivity index (χ4n) is 2.33. The Morgan fingerprint density at radius 2 is 2.09 bits per heavy atom. The maximum atomic E-state index is 12.3. The van der Waals surface area contributed by atoms with E-state index in [1.165, 1.54) is 23.9 Å². The lowest BCUT2D eigenvalue weighted by Crippen LogP contribution is -2.54. The lowest BCUT2D eigenvalue weighted by molar-refractivity contribution is -0.384. The maximum Gasteiger partial charge on any atom is 0.269 e. The van der Waals surface area contributed by atoms with Crippen LogP contribution in [0.25, 0.3) is 0 Å². The molecule has 2 unspecified atom stereocenters. The van der Waals surface area contributed by atoms with E-state index in [4.69, 9.17) is 5.73 Å². The molecule has 1 saturated carbocycles. The number of hydrogen-bond donors (Lipinski definition) is 2. The van der Waals surface area contributed by atoms with E-state index in [1.807, 2.05) is 13.8 Å². The van der Waals surface area contributed by atoms with Gasteiger partial charge in [-0.3, -0.25) is 14.9 Å². The minimum absolute atomic E-state index is 0.0471. The summed E-state index contributed by atoms with van der Waals surface area (Å²) in [5.74, 6) is 0.418. The van der Waals surface area contributed by atoms with Crippen LogP contribution in [-0.4, -0.2) is 28.2 Å². The number of carbonyl (C=O) groups is 1. The molecule has 0 spiro atoms. The number of nitrogens with two attached hydrogens (primary N) is 1. The third kappa shape index (κ3) is 3.98. The van der Waals surface area contributed by atoms with Gasteiger partial charge in [0.1, 0.15) is 0 Å². The van der Waals surface area contributed by atoms with Crippen molar-refractivity contribution in [3.63, 3.8) is 0 Å². The molecule has 1 amide bonds. The van der Waals surface area contributed by atoms with Gasteiger partial charge in [0.2, 0.25) is 5.91 Å². The van der Waals surface area contributed by atoms with Crippen LogP contribution in [0.5, 0.6) is 0 Å². The Balaban J connectivity index is 1.94. The second-order valence-electron chi connectivity index (χ2n) is 5.90. The Bertz CT molecular complexity index is 560. The zero-order valence-corrected chi connectivity index (χ0v) is 13.6. The fraction of sp³-hybridized carbons (Fsp3) is 0.533. The molecule has 1 aromatic rings. The van der Waals surface area contributed by atoms with Gasteiger partial charge in [0, 0.05) is 23.6 Å². The van der Waals surface area contributed by atoms with E-state index in [0.717, 1.165) is 17.7 Å². The highest BCUT2D eigenvalue weighted by atomic mass is 32.2. The number of thioether (sulfide) groups is 1. The molecule has 3 N–H and O–H groups in total. The average molecular weight is 323 g/mol. The number of nitro groups is 1. The van der Waals surface area contributed by atoms with Crippen LogP contribution in [0.3, 0.4) is 0 Å². The molecular weight excluding hydrogens is 302 g/mol. The summed E-state index contributed by atoms with van der Waals surface area (Å²) in [7, 11) is 0. The molecule has 1 fully saturated rings. The number of nitrogens with one attached hydrogen (secondary N) is 1. The summed E-state index contributed by atoms with van der Waals surface area (Å²) in [5.41, 5.74) is 5.52. The van der Waals surface area contributed by atoms with Crippen molar-refractivity contribution < 1.29 is 9.72 Å². The molecule has 0 radical (unpaired) electrons. The lowest BCUT2D eigenvalue weighted by atomic mass is 9.96. The molecule has 0 bridgehead atoms. The first-order valence-electron chi connectivity index (χ1n) is 7.29. The van der Waals surface area contributed by atoms with Crippen molar-refractivity contribution in [1.82, 2.24) is 5.32 Å². The predicted molar refractivity (Wildman–Crippen MR) is 86.7 cm³/mol. The molecule has 2 rings (SSSR count). The molecule has 0 aromatic heterocycles. The molecule has 0 heterocycles. The van der Waals surface area contributed by atoms with Crippen LogP contribution in [0.1, 0.15) is 26.7 Å². The number of non-ortho nitro benzene ring substituents is 1. The lowest BCUT2D eigenvalue weighted by Gasteiger charge is -2.30. The predicted octanol–water partition coefficient (Wildman–Crippen LogP) is 2.32. The first kappa shape index (κ1) is 16.8. The van der Waals surface area contributed by atoms with Crippen LogP contribution in [-0.2, 0) is 4.79 Å². The van der Waals surface area contributed by atoms with Crippen molar-refractivity contribution >= 4 is 23.4 Å². The van der Waals surface area contributed by atoms with E-state index in [2.05, 4.69) is 5.32 Å². The molecule has 120 valence electrons. The smallest absolute Gasteiger partial charge is 0.269 e. The maximum absolute atomic E-state index is 12.3. The number of nitrogens with zero attached hydrogens (tertiary/aromatic N) is 1. The highest BCUT2D eigenvalue weighted by Gasteiger charge is 2.42. The largest absolute Gasteiger partial charge is 0.348 e. The Morgan fingerprint density at radius 1 is 1.50 bits per heavy atom. The second kappa shape index (κ2) is 6.66. The number of hydrogen-bond acceptors (Lipinski definition) is 5. The first-order valence-corrected chi connectivity index (χ1v) is 8.17. The van der Waals surface area contributed by atoms with Crippen molar-refractivity contribution in [2.45, 2.75) is 42.4 Å². The summed E-state index contributed by atoms with van der Waals surface area (Å²) in [6.07, 6.45) is 2.22. The topological polar surface area (TPSA) is 98.3 Å². The van der Waals surface area contributed by atoms with E-state index in [1.54, 1.807) is 12.1 Å². The normalized spacial score (nSPS) is 18.3. The molecular formula is C15H21N3O3S. The highest BCUT2D eigenvalue weighted by Crippen LogP contribution is 2.39. The average Bonchev–Trinajstić information content (AvgIpc) is 3.32. The van der Waals surface area contributed by atoms with Crippen molar-refractivity contribution in [3.05, 3.63) is 34.4 Å². The summed E-state index contributed by atoms with van der Waals surface area (Å²) in [4.78, 5) is 23.3. The van der Waals surface area contributed by atoms with Crippen molar-refractivity contribution in [2.75, 3.05) is 6.54 Å². The quantitative estimate of drug-likeness (QED) is 0.456. The minimum atomic E-state index is -0.438. The molecule has 0 aliphatic heterocycles. The summed E-state index contributed by atoms with van der Waals surface area (Å²) in [5, 5.41) is 13.4. The van der Waals surface area contributed by atoms with E-state index in [9.17, 15) is 14.9 Å². The van der Waals surface area contributed by atoms with Crippen LogP contribution in [0, 0.1) is 16.0 Å². The summed E-state index contributed by atoms with van der Waals surface area (Å²) in [6, 6.07) is 6.22. The molecule has 22 heavy (non-hydrogen) atoms. The van der Waals surface area contributed by atoms with E-state index < -0.39 is 4.92 Å². The van der Waals surface area contributed by atoms with Gasteiger partial charge in [-0.05, 0) is 44.7 Å². The second-order valence-corrected chi connectivity index (χ2v) is 7.31. The van der Waals surface area contributed by atoms with Crippen LogP contribution in [0.4, 0.5) is 5.69 Å². The number of carbonyl (C=O) groups excluding carboxylic acids is 1. The van der Waals surface area contributed by atoms with Gasteiger partial charge < -0.3 is 11.1 Å². The van der Waals surface area contributed by atoms with Gasteiger partial charge in [-0.15, -0.1) is 11.8 Å². The van der Waals surface area contributed by atoms with Crippen LogP contribution in [0.2, 0.25) is 0 Å². The van der Waals surface area contributed by atoms with Gasteiger partial charge in [0.15, 0.2) is 0 Å². The Kier molecular flexibility index (Phi) is 5.08. The first-order chi connectivity index (χ1) is 10.4. The third-order valence-electron chi connectivity index (χ3n) is 4.04. The van der Waals surface area contributed by atoms with Crippen molar-refractivity contribution in [2.24, 2.45) is 11.7 Å². The van der Waals surface area contributed by atoms with Gasteiger partial charge in [-0.2, -0.15) is 0 Å². The SMILES string of the molecule is CC(Sc1ccc([N+](=O)[O-])cc1)C(=O)NC(C)(CN)C1CC1. The Labute approximate surface area is 134 Å². The molecule has 0 saturated heterocycles. The van der Waals surface area contributed by atoms with Gasteiger partial charge in [0.25, 0.3) is 5.69 Å². The highest BCUT2D eigenvalue weighted by molar-refractivity contribution is 8.00. The molecule has 1 aliphatic carbocycles. The zero-order chi connectivity index (χ0) is 16.3. The number of benzene rings is 1. The van der Waals surface area contributed by atoms with Gasteiger partial charge >= 0.3 is 0 Å². The summed E-state index contributed by atoms with van der Waals surface area (Å²) in [6.45, 7) is 4.25. The third-order valence-corrected chi connectivity index (χ3v) is 5.15. The zero-order valence-electron chi connectivity index (χ0n) is 12.7. The van der Waals surface area contributed by atoms with Gasteiger partial charge in [-0.1, -0.05) is 0 Å². The van der Waals surface area contributed by atoms with Crippen LogP contribution in [0.15, 0.2) is 29.2 Å². The van der Waals surface area contributed by atoms with E-state index in [0.29, 0.717) is 12.5 Å². The van der Waals surface area contributed by atoms with Gasteiger partial charge in [-0.25, -0.2) is 0 Å². The summed E-state index contributed by atoms with van der Waals surface area (Å²) >= 11 is 1.38. The number of amides is 1. The monoisotopic (exact) mass is 323 g/mol. The molecule has 1 aliphatic rings. The molecule has 2 atom stereocenters. The van der Waals surface area contributed by atoms with Crippen molar-refractivity contribution in [1.29, 1.82) is 0 Å². The fourth-order valence-corrected chi connectivity index (χ4v) is 3.19. The molecule has 6 nitrogen and oxygen atoms in total. The number of nitro benzene ring substituents is 1. The van der Waals surface area contributed by atoms with Crippen molar-refractivity contribution in [3.8, 4) is 0 Å². The van der Waals surface area contributed by atoms with Gasteiger partial charge in [0.05, 0.1) is 15.7 Å².